The van der Waals surface area contributed by atoms with Crippen molar-refractivity contribution in [1.29, 1.82) is 0 Å². The predicted molar refractivity (Wildman–Crippen MR) is 48.7 cm³/mol. The number of esters is 1. The Labute approximate surface area is 74.0 Å². The number of ether oxygens (including phenoxy) is 1. The molecule has 3 nitrogen and oxygen atoms in total. The van der Waals surface area contributed by atoms with Gasteiger partial charge in [0.05, 0.1) is 6.61 Å². The van der Waals surface area contributed by atoms with Crippen LogP contribution in [0.15, 0.2) is 12.3 Å². The van der Waals surface area contributed by atoms with E-state index in [0.717, 1.165) is 13.1 Å². The van der Waals surface area contributed by atoms with E-state index >= 15 is 0 Å². The van der Waals surface area contributed by atoms with Gasteiger partial charge < -0.3 is 9.64 Å². The van der Waals surface area contributed by atoms with Crippen LogP contribution in [0.2, 0.25) is 0 Å². The van der Waals surface area contributed by atoms with Crippen LogP contribution in [-0.4, -0.2) is 30.6 Å². The largest absolute Gasteiger partial charge is 0.463 e. The molecule has 0 saturated carbocycles. The molecule has 0 atom stereocenters. The van der Waals surface area contributed by atoms with Crippen LogP contribution in [0.3, 0.4) is 0 Å². The highest BCUT2D eigenvalue weighted by molar-refractivity contribution is 5.81. The molecule has 70 valence electrons. The van der Waals surface area contributed by atoms with Crippen molar-refractivity contribution in [1.82, 2.24) is 4.90 Å². The third-order valence-corrected chi connectivity index (χ3v) is 1.52. The molecule has 0 aliphatic carbocycles. The monoisotopic (exact) mass is 171 g/mol. The second kappa shape index (κ2) is 6.70. The van der Waals surface area contributed by atoms with E-state index in [-0.39, 0.29) is 5.97 Å². The molecule has 12 heavy (non-hydrogen) atoms. The van der Waals surface area contributed by atoms with Gasteiger partial charge in [-0.3, -0.25) is 0 Å². The molecule has 0 spiro atoms. The molecule has 0 aliphatic heterocycles. The van der Waals surface area contributed by atoms with Crippen molar-refractivity contribution in [2.75, 3.05) is 19.7 Å². The molecule has 0 amide bonds. The van der Waals surface area contributed by atoms with Crippen molar-refractivity contribution in [3.63, 3.8) is 0 Å². The molecule has 0 aliphatic rings. The zero-order chi connectivity index (χ0) is 9.40. The maximum atomic E-state index is 10.8. The molecule has 0 aromatic carbocycles. The maximum absolute atomic E-state index is 10.8. The van der Waals surface area contributed by atoms with Gasteiger partial charge >= 0.3 is 5.97 Å². The van der Waals surface area contributed by atoms with Gasteiger partial charge in [0.15, 0.2) is 0 Å². The Bertz CT molecular complexity index is 151. The van der Waals surface area contributed by atoms with Crippen LogP contribution in [0.1, 0.15) is 20.8 Å². The predicted octanol–water partition coefficient (Wildman–Crippen LogP) is 1.41. The van der Waals surface area contributed by atoms with Gasteiger partial charge in [-0.1, -0.05) is 0 Å². The van der Waals surface area contributed by atoms with Gasteiger partial charge in [-0.05, 0) is 20.8 Å². The molecule has 0 fully saturated rings. The topological polar surface area (TPSA) is 29.5 Å². The lowest BCUT2D eigenvalue weighted by atomic mass is 10.5. The zero-order valence-corrected chi connectivity index (χ0v) is 8.04. The minimum Gasteiger partial charge on any atom is -0.463 e. The summed E-state index contributed by atoms with van der Waals surface area (Å²) in [5, 5.41) is 0. The fourth-order valence-electron chi connectivity index (χ4n) is 0.791. The summed E-state index contributed by atoms with van der Waals surface area (Å²) in [4.78, 5) is 12.9. The van der Waals surface area contributed by atoms with Crippen molar-refractivity contribution in [3.8, 4) is 0 Å². The first-order valence-corrected chi connectivity index (χ1v) is 4.33. The van der Waals surface area contributed by atoms with E-state index in [1.54, 1.807) is 13.1 Å². The lowest BCUT2D eigenvalue weighted by Crippen LogP contribution is -2.16. The van der Waals surface area contributed by atoms with E-state index < -0.39 is 0 Å². The van der Waals surface area contributed by atoms with E-state index in [2.05, 4.69) is 0 Å². The summed E-state index contributed by atoms with van der Waals surface area (Å²) in [7, 11) is 0. The van der Waals surface area contributed by atoms with Gasteiger partial charge in [-0.2, -0.15) is 0 Å². The Morgan fingerprint density at radius 3 is 2.33 bits per heavy atom. The van der Waals surface area contributed by atoms with E-state index in [1.807, 2.05) is 18.7 Å². The number of carbonyl (C=O) groups excluding carboxylic acids is 1. The molecule has 0 bridgehead atoms. The van der Waals surface area contributed by atoms with E-state index in [4.69, 9.17) is 4.74 Å². The van der Waals surface area contributed by atoms with E-state index in [1.165, 1.54) is 6.08 Å². The maximum Gasteiger partial charge on any atom is 0.332 e. The van der Waals surface area contributed by atoms with Crippen molar-refractivity contribution < 1.29 is 9.53 Å². The van der Waals surface area contributed by atoms with Crippen LogP contribution in [0.4, 0.5) is 0 Å². The second-order valence-electron chi connectivity index (χ2n) is 2.29. The minimum absolute atomic E-state index is 0.274. The number of rotatable bonds is 5. The normalized spacial score (nSPS) is 10.2. The van der Waals surface area contributed by atoms with Crippen LogP contribution in [0.5, 0.6) is 0 Å². The highest BCUT2D eigenvalue weighted by atomic mass is 16.5. The highest BCUT2D eigenvalue weighted by Crippen LogP contribution is 1.89. The summed E-state index contributed by atoms with van der Waals surface area (Å²) in [6.07, 6.45) is 3.22. The second-order valence-corrected chi connectivity index (χ2v) is 2.29. The van der Waals surface area contributed by atoms with E-state index in [9.17, 15) is 4.79 Å². The first-order chi connectivity index (χ1) is 5.74. The van der Waals surface area contributed by atoms with Gasteiger partial charge in [-0.15, -0.1) is 0 Å². The van der Waals surface area contributed by atoms with Gasteiger partial charge in [0.25, 0.3) is 0 Å². The number of carbonyl (C=O) groups is 1. The molecule has 0 aromatic rings. The zero-order valence-electron chi connectivity index (χ0n) is 8.04. The summed E-state index contributed by atoms with van der Waals surface area (Å²) in [6, 6.07) is 0. The van der Waals surface area contributed by atoms with Gasteiger partial charge in [-0.25, -0.2) is 4.79 Å². The summed E-state index contributed by atoms with van der Waals surface area (Å²) in [5.41, 5.74) is 0. The van der Waals surface area contributed by atoms with Gasteiger partial charge in [0.2, 0.25) is 0 Å². The van der Waals surface area contributed by atoms with Crippen molar-refractivity contribution in [2.45, 2.75) is 20.8 Å². The van der Waals surface area contributed by atoms with Crippen molar-refractivity contribution in [3.05, 3.63) is 12.3 Å². The molecule has 0 N–H and O–H groups in total. The van der Waals surface area contributed by atoms with Gasteiger partial charge in [0, 0.05) is 25.4 Å². The summed E-state index contributed by atoms with van der Waals surface area (Å²) in [6.45, 7) is 8.13. The Morgan fingerprint density at radius 2 is 1.92 bits per heavy atom. The Hall–Kier alpha value is -0.990. The fourth-order valence-corrected chi connectivity index (χ4v) is 0.791. The average molecular weight is 171 g/mol. The van der Waals surface area contributed by atoms with Crippen LogP contribution in [0.25, 0.3) is 0 Å². The first kappa shape index (κ1) is 11.0. The summed E-state index contributed by atoms with van der Waals surface area (Å²) < 4.78 is 4.73. The average Bonchev–Trinajstić information content (AvgIpc) is 2.07. The van der Waals surface area contributed by atoms with Crippen molar-refractivity contribution in [2.24, 2.45) is 0 Å². The standard InChI is InChI=1S/C9H17NO2/c1-4-10(5-2)8-7-9(11)12-6-3/h7-8H,4-6H2,1-3H3/b8-7-. The molecule has 0 radical (unpaired) electrons. The summed E-state index contributed by atoms with van der Waals surface area (Å²) >= 11 is 0. The molecule has 0 saturated heterocycles. The SMILES string of the molecule is CCOC(=O)/C=C\N(CC)CC. The third kappa shape index (κ3) is 4.77. The molecule has 0 aromatic heterocycles. The highest BCUT2D eigenvalue weighted by Gasteiger charge is 1.94. The van der Waals surface area contributed by atoms with Crippen molar-refractivity contribution >= 4 is 5.97 Å². The smallest absolute Gasteiger partial charge is 0.332 e. The molecular formula is C9H17NO2. The molecular weight excluding hydrogens is 154 g/mol. The fraction of sp³-hybridized carbons (Fsp3) is 0.667. The number of hydrogen-bond donors (Lipinski definition) is 0. The molecule has 3 heteroatoms. The Morgan fingerprint density at radius 1 is 1.33 bits per heavy atom. The number of nitrogens with zero attached hydrogens (tertiary/aromatic N) is 1. The third-order valence-electron chi connectivity index (χ3n) is 1.52. The van der Waals surface area contributed by atoms with Crippen LogP contribution < -0.4 is 0 Å². The lowest BCUT2D eigenvalue weighted by Gasteiger charge is -2.13. The molecule has 0 rings (SSSR count). The van der Waals surface area contributed by atoms with E-state index in [0.29, 0.717) is 6.61 Å². The van der Waals surface area contributed by atoms with Gasteiger partial charge in [0.1, 0.15) is 0 Å². The summed E-state index contributed by atoms with van der Waals surface area (Å²) in [5.74, 6) is -0.274. The first-order valence-electron chi connectivity index (χ1n) is 4.33. The number of hydrogen-bond acceptors (Lipinski definition) is 3. The van der Waals surface area contributed by atoms with Crippen LogP contribution in [-0.2, 0) is 9.53 Å². The Kier molecular flexibility index (Phi) is 6.15. The molecule has 0 unspecified atom stereocenters. The minimum atomic E-state index is -0.274. The quantitative estimate of drug-likeness (QED) is 0.462. The lowest BCUT2D eigenvalue weighted by molar-refractivity contribution is -0.137. The van der Waals surface area contributed by atoms with Crippen LogP contribution in [0, 0.1) is 0 Å². The molecule has 0 heterocycles. The van der Waals surface area contributed by atoms with Crippen LogP contribution >= 0.6 is 0 Å². The Balaban J connectivity index is 3.78.